The molecule has 3 aromatic heterocycles. The quantitative estimate of drug-likeness (QED) is 0.186. The zero-order chi connectivity index (χ0) is 37.5. The van der Waals surface area contributed by atoms with Crippen LogP contribution in [0.2, 0.25) is 0 Å². The molecular weight excluding hydrogens is 733 g/mol. The van der Waals surface area contributed by atoms with Crippen molar-refractivity contribution in [3.63, 3.8) is 0 Å². The molecule has 0 saturated carbocycles. The van der Waals surface area contributed by atoms with Crippen molar-refractivity contribution in [2.45, 2.75) is 19.0 Å². The van der Waals surface area contributed by atoms with Gasteiger partial charge in [0.15, 0.2) is 5.84 Å². The lowest BCUT2D eigenvalue weighted by Gasteiger charge is -2.25. The Morgan fingerprint density at radius 3 is 2.04 bits per heavy atom. The molecule has 4 nitrogen and oxygen atoms in total. The van der Waals surface area contributed by atoms with Gasteiger partial charge in [-0.2, -0.15) is 0 Å². The predicted octanol–water partition coefficient (Wildman–Crippen LogP) is 13.9. The summed E-state index contributed by atoms with van der Waals surface area (Å²) in [5.41, 5.74) is 9.39. The number of nitrogens with zero attached hydrogens (tertiary/aromatic N) is 3. The molecule has 1 atom stereocenters. The van der Waals surface area contributed by atoms with Gasteiger partial charge >= 0.3 is 0 Å². The number of fused-ring (bicyclic) bond motifs is 9. The molecule has 2 aliphatic rings. The number of aliphatic imine (C=N–C) groups is 2. The van der Waals surface area contributed by atoms with Crippen LogP contribution in [-0.2, 0) is 0 Å². The van der Waals surface area contributed by atoms with Gasteiger partial charge in [-0.05, 0) is 78.6 Å². The average Bonchev–Trinajstić information content (AvgIpc) is 3.96. The molecule has 57 heavy (non-hydrogen) atoms. The van der Waals surface area contributed by atoms with Crippen molar-refractivity contribution in [1.29, 1.82) is 0 Å². The molecule has 270 valence electrons. The monoisotopic (exact) mass is 766 g/mol. The van der Waals surface area contributed by atoms with Crippen LogP contribution in [0.4, 0.5) is 0 Å². The van der Waals surface area contributed by atoms with Crippen molar-refractivity contribution in [1.82, 2.24) is 9.88 Å². The number of thiophene rings is 2. The molecule has 4 heterocycles. The number of rotatable bonds is 5. The zero-order valence-electron chi connectivity index (χ0n) is 30.8. The van der Waals surface area contributed by atoms with E-state index in [0.29, 0.717) is 0 Å². The Bertz CT molecular complexity index is 3340. The van der Waals surface area contributed by atoms with Crippen LogP contribution in [0.15, 0.2) is 185 Å². The summed E-state index contributed by atoms with van der Waals surface area (Å²) in [7, 11) is 0. The average molecular weight is 767 g/mol. The first-order valence-corrected chi connectivity index (χ1v) is 21.1. The van der Waals surface area contributed by atoms with Crippen molar-refractivity contribution in [2.75, 3.05) is 0 Å². The molecule has 1 N–H and O–H groups in total. The van der Waals surface area contributed by atoms with E-state index in [-0.39, 0.29) is 6.17 Å². The van der Waals surface area contributed by atoms with E-state index in [0.717, 1.165) is 41.2 Å². The zero-order valence-corrected chi connectivity index (χ0v) is 32.4. The second kappa shape index (κ2) is 13.0. The summed E-state index contributed by atoms with van der Waals surface area (Å²) in [4.78, 5) is 10.4. The topological polar surface area (TPSA) is 41.7 Å². The maximum atomic E-state index is 5.29. The Morgan fingerprint density at radius 1 is 0.561 bits per heavy atom. The highest BCUT2D eigenvalue weighted by molar-refractivity contribution is 7.26. The third kappa shape index (κ3) is 5.25. The lowest BCUT2D eigenvalue weighted by molar-refractivity contribution is 0.679. The summed E-state index contributed by atoms with van der Waals surface area (Å²) in [6.45, 7) is 0. The van der Waals surface area contributed by atoms with Gasteiger partial charge in [-0.3, -0.25) is 0 Å². The number of nitrogens with one attached hydrogen (secondary N) is 1. The smallest absolute Gasteiger partial charge is 0.159 e. The molecule has 0 bridgehead atoms. The van der Waals surface area contributed by atoms with E-state index in [2.05, 4.69) is 174 Å². The standard InChI is InChI=1S/C51H34N4S2/c1-3-13-31(14-4-1)49-52-50(32-15-5-2-6-16-32)54-51(53-49)38-20-12-24-46-48(38)39-29-33(25-27-43(39)56-46)35-19-11-23-45-47(35)40-30-34(26-28-44(40)57-45)55-41-21-9-7-17-36(41)37-18-8-10-22-42(37)55/h1,3-5,7-30,51H,2,6H2,(H,52,53,54). The minimum Gasteiger partial charge on any atom is -0.344 e. The molecule has 0 amide bonds. The van der Waals surface area contributed by atoms with Gasteiger partial charge in [0.05, 0.1) is 11.0 Å². The number of allylic oxidation sites excluding steroid dienone is 2. The van der Waals surface area contributed by atoms with Gasteiger partial charge in [-0.25, -0.2) is 9.98 Å². The normalized spacial score (nSPS) is 15.8. The summed E-state index contributed by atoms with van der Waals surface area (Å²) in [6, 6.07) is 55.3. The third-order valence-corrected chi connectivity index (χ3v) is 13.8. The summed E-state index contributed by atoms with van der Waals surface area (Å²) >= 11 is 3.72. The van der Waals surface area contributed by atoms with Crippen LogP contribution in [0.5, 0.6) is 0 Å². The Balaban J connectivity index is 1.03. The molecule has 1 unspecified atom stereocenters. The van der Waals surface area contributed by atoms with Crippen LogP contribution in [0.1, 0.15) is 30.1 Å². The molecule has 1 aliphatic carbocycles. The molecule has 0 radical (unpaired) electrons. The summed E-state index contributed by atoms with van der Waals surface area (Å²) in [5.74, 6) is 1.63. The van der Waals surface area contributed by atoms with E-state index in [1.165, 1.54) is 79.0 Å². The first-order valence-electron chi connectivity index (χ1n) is 19.5. The van der Waals surface area contributed by atoms with Gasteiger partial charge < -0.3 is 9.88 Å². The molecule has 1 aliphatic heterocycles. The van der Waals surface area contributed by atoms with Gasteiger partial charge in [0.25, 0.3) is 0 Å². The van der Waals surface area contributed by atoms with Gasteiger partial charge in [0, 0.05) is 73.5 Å². The van der Waals surface area contributed by atoms with Gasteiger partial charge in [0.2, 0.25) is 0 Å². The second-order valence-electron chi connectivity index (χ2n) is 14.8. The highest BCUT2D eigenvalue weighted by Crippen LogP contribution is 2.45. The highest BCUT2D eigenvalue weighted by Gasteiger charge is 2.25. The van der Waals surface area contributed by atoms with E-state index in [9.17, 15) is 0 Å². The fourth-order valence-electron chi connectivity index (χ4n) is 8.91. The van der Waals surface area contributed by atoms with Crippen LogP contribution in [0.25, 0.3) is 79.0 Å². The van der Waals surface area contributed by atoms with Crippen molar-refractivity contribution in [3.8, 4) is 16.8 Å². The number of hydrogen-bond acceptors (Lipinski definition) is 5. The Morgan fingerprint density at radius 2 is 1.26 bits per heavy atom. The fourth-order valence-corrected chi connectivity index (χ4v) is 11.1. The van der Waals surface area contributed by atoms with Crippen LogP contribution < -0.4 is 5.32 Å². The van der Waals surface area contributed by atoms with Crippen LogP contribution in [0.3, 0.4) is 0 Å². The van der Waals surface area contributed by atoms with E-state index in [1.807, 2.05) is 28.7 Å². The van der Waals surface area contributed by atoms with Crippen molar-refractivity contribution >= 4 is 96.5 Å². The molecule has 12 rings (SSSR count). The molecule has 0 saturated heterocycles. The summed E-state index contributed by atoms with van der Waals surface area (Å²) < 4.78 is 7.54. The van der Waals surface area contributed by atoms with Crippen molar-refractivity contribution in [3.05, 3.63) is 187 Å². The van der Waals surface area contributed by atoms with E-state index in [4.69, 9.17) is 9.98 Å². The number of para-hydroxylation sites is 2. The van der Waals surface area contributed by atoms with E-state index >= 15 is 0 Å². The third-order valence-electron chi connectivity index (χ3n) is 11.5. The van der Waals surface area contributed by atoms with Gasteiger partial charge in [-0.15, -0.1) is 22.7 Å². The van der Waals surface area contributed by atoms with E-state index < -0.39 is 0 Å². The number of aromatic nitrogens is 1. The first-order chi connectivity index (χ1) is 28.2. The van der Waals surface area contributed by atoms with Gasteiger partial charge in [-0.1, -0.05) is 115 Å². The summed E-state index contributed by atoms with van der Waals surface area (Å²) in [5, 5.41) is 11.4. The number of amidine groups is 2. The molecule has 0 fully saturated rings. The molecule has 7 aromatic carbocycles. The predicted molar refractivity (Wildman–Crippen MR) is 245 cm³/mol. The fraction of sp³-hybridized carbons (Fsp3) is 0.0588. The number of benzene rings is 7. The first kappa shape index (κ1) is 32.6. The van der Waals surface area contributed by atoms with Crippen molar-refractivity contribution in [2.24, 2.45) is 9.98 Å². The Hall–Kier alpha value is -6.60. The molecule has 6 heteroatoms. The van der Waals surface area contributed by atoms with E-state index in [1.54, 1.807) is 0 Å². The van der Waals surface area contributed by atoms with Crippen LogP contribution >= 0.6 is 22.7 Å². The highest BCUT2D eigenvalue weighted by atomic mass is 32.1. The molecule has 10 aromatic rings. The maximum Gasteiger partial charge on any atom is 0.159 e. The molecular formula is C51H34N4S2. The van der Waals surface area contributed by atoms with Gasteiger partial charge in [0.1, 0.15) is 12.0 Å². The Kier molecular flexibility index (Phi) is 7.43. The molecule has 0 spiro atoms. The van der Waals surface area contributed by atoms with Crippen molar-refractivity contribution < 1.29 is 0 Å². The summed E-state index contributed by atoms with van der Waals surface area (Å²) in [6.07, 6.45) is 8.48. The minimum absolute atomic E-state index is 0.294. The lowest BCUT2D eigenvalue weighted by Crippen LogP contribution is -2.34. The number of hydrogen-bond donors (Lipinski definition) is 1. The second-order valence-corrected chi connectivity index (χ2v) is 17.0. The Labute approximate surface area is 337 Å². The minimum atomic E-state index is -0.294. The van der Waals surface area contributed by atoms with Crippen LogP contribution in [-0.4, -0.2) is 16.2 Å². The SMILES string of the molecule is C1=CC(C2=NC(c3ccccc3)=NC(c3cccc4sc5ccc(-c6cccc7sc8ccc(-n9c%10ccccc%10c%10ccccc%109)cc8c67)cc5c34)N2)=CCC1. The maximum absolute atomic E-state index is 5.29. The lowest BCUT2D eigenvalue weighted by atomic mass is 9.96. The largest absolute Gasteiger partial charge is 0.344 e. The van der Waals surface area contributed by atoms with Crippen LogP contribution in [0, 0.1) is 0 Å².